The van der Waals surface area contributed by atoms with E-state index in [1.165, 1.54) is 0 Å². The number of halogens is 1. The third-order valence-corrected chi connectivity index (χ3v) is 4.64. The topological polar surface area (TPSA) is 83.8 Å². The maximum atomic E-state index is 12.2. The summed E-state index contributed by atoms with van der Waals surface area (Å²) in [6.07, 6.45) is 1.60. The second-order valence-corrected chi connectivity index (χ2v) is 6.64. The zero-order valence-electron chi connectivity index (χ0n) is 14.8. The van der Waals surface area contributed by atoms with Crippen LogP contribution in [0.15, 0.2) is 47.1 Å². The standard InChI is InChI=1S/C19H22ClN3O4/c20-15-5-3-14(4-6-15)12-21-18(24)19(25)22-13-16(17-2-1-9-27-17)23-7-10-26-11-8-23/h1-6,9,16H,7-8,10-13H2,(H,21,24)(H,22,25). The minimum Gasteiger partial charge on any atom is -0.468 e. The molecule has 27 heavy (non-hydrogen) atoms. The number of hydrogen-bond donors (Lipinski definition) is 2. The van der Waals surface area contributed by atoms with E-state index in [0.717, 1.165) is 24.4 Å². The predicted octanol–water partition coefficient (Wildman–Crippen LogP) is 1.74. The summed E-state index contributed by atoms with van der Waals surface area (Å²) >= 11 is 5.83. The zero-order valence-corrected chi connectivity index (χ0v) is 15.6. The number of hydrogen-bond acceptors (Lipinski definition) is 5. The van der Waals surface area contributed by atoms with Crippen LogP contribution in [-0.2, 0) is 20.9 Å². The maximum Gasteiger partial charge on any atom is 0.309 e. The summed E-state index contributed by atoms with van der Waals surface area (Å²) < 4.78 is 10.9. The van der Waals surface area contributed by atoms with Crippen molar-refractivity contribution in [2.24, 2.45) is 0 Å². The average Bonchev–Trinajstić information content (AvgIpc) is 3.22. The van der Waals surface area contributed by atoms with E-state index in [1.54, 1.807) is 30.5 Å². The first kappa shape index (κ1) is 19.4. The molecule has 0 spiro atoms. The number of carbonyl (C=O) groups excluding carboxylic acids is 2. The average molecular weight is 392 g/mol. The van der Waals surface area contributed by atoms with Crippen LogP contribution in [0.5, 0.6) is 0 Å². The van der Waals surface area contributed by atoms with Crippen molar-refractivity contribution < 1.29 is 18.7 Å². The Morgan fingerprint density at radius 3 is 2.44 bits per heavy atom. The fourth-order valence-electron chi connectivity index (χ4n) is 2.91. The Labute approximate surface area is 162 Å². The minimum atomic E-state index is -0.676. The molecule has 3 rings (SSSR count). The van der Waals surface area contributed by atoms with Gasteiger partial charge in [0.2, 0.25) is 0 Å². The van der Waals surface area contributed by atoms with Crippen LogP contribution in [0, 0.1) is 0 Å². The van der Waals surface area contributed by atoms with E-state index in [4.69, 9.17) is 20.8 Å². The van der Waals surface area contributed by atoms with E-state index in [2.05, 4.69) is 15.5 Å². The first-order valence-corrected chi connectivity index (χ1v) is 9.17. The Morgan fingerprint density at radius 2 is 1.78 bits per heavy atom. The molecule has 1 saturated heterocycles. The largest absolute Gasteiger partial charge is 0.468 e. The fourth-order valence-corrected chi connectivity index (χ4v) is 3.04. The lowest BCUT2D eigenvalue weighted by Gasteiger charge is -2.33. The number of furan rings is 1. The molecule has 1 aliphatic heterocycles. The molecule has 144 valence electrons. The molecule has 1 atom stereocenters. The third kappa shape index (κ3) is 5.56. The predicted molar refractivity (Wildman–Crippen MR) is 100 cm³/mol. The molecule has 0 aliphatic carbocycles. The van der Waals surface area contributed by atoms with Gasteiger partial charge in [0, 0.05) is 31.2 Å². The van der Waals surface area contributed by atoms with Crippen LogP contribution in [0.1, 0.15) is 17.4 Å². The van der Waals surface area contributed by atoms with Crippen molar-refractivity contribution in [1.82, 2.24) is 15.5 Å². The summed E-state index contributed by atoms with van der Waals surface area (Å²) in [7, 11) is 0. The van der Waals surface area contributed by atoms with Crippen LogP contribution in [0.4, 0.5) is 0 Å². The lowest BCUT2D eigenvalue weighted by Crippen LogP contribution is -2.46. The molecule has 2 N–H and O–H groups in total. The van der Waals surface area contributed by atoms with Gasteiger partial charge in [-0.15, -0.1) is 0 Å². The van der Waals surface area contributed by atoms with Crippen LogP contribution >= 0.6 is 11.6 Å². The van der Waals surface area contributed by atoms with Crippen LogP contribution in [-0.4, -0.2) is 49.6 Å². The second-order valence-electron chi connectivity index (χ2n) is 6.20. The lowest BCUT2D eigenvalue weighted by molar-refractivity contribution is -0.139. The van der Waals surface area contributed by atoms with Gasteiger partial charge in [0.25, 0.3) is 0 Å². The molecule has 2 aromatic rings. The molecular formula is C19H22ClN3O4. The van der Waals surface area contributed by atoms with E-state index in [0.29, 0.717) is 18.2 Å². The van der Waals surface area contributed by atoms with Gasteiger partial charge in [-0.3, -0.25) is 14.5 Å². The number of nitrogens with one attached hydrogen (secondary N) is 2. The molecule has 2 amide bonds. The lowest BCUT2D eigenvalue weighted by atomic mass is 10.1. The minimum absolute atomic E-state index is 0.142. The van der Waals surface area contributed by atoms with Crippen LogP contribution in [0.25, 0.3) is 0 Å². The number of benzene rings is 1. The summed E-state index contributed by atoms with van der Waals surface area (Å²) in [5.41, 5.74) is 0.863. The van der Waals surface area contributed by atoms with Crippen molar-refractivity contribution >= 4 is 23.4 Å². The zero-order chi connectivity index (χ0) is 19.1. The highest BCUT2D eigenvalue weighted by atomic mass is 35.5. The second kappa shape index (κ2) is 9.55. The van der Waals surface area contributed by atoms with Crippen LogP contribution < -0.4 is 10.6 Å². The first-order chi connectivity index (χ1) is 13.1. The Bertz CT molecular complexity index is 743. The number of ether oxygens (including phenoxy) is 1. The van der Waals surface area contributed by atoms with Gasteiger partial charge in [-0.1, -0.05) is 23.7 Å². The van der Waals surface area contributed by atoms with Gasteiger partial charge < -0.3 is 19.8 Å². The molecule has 0 saturated carbocycles. The van der Waals surface area contributed by atoms with Crippen molar-refractivity contribution in [2.75, 3.05) is 32.8 Å². The molecule has 2 heterocycles. The molecular weight excluding hydrogens is 370 g/mol. The number of rotatable bonds is 6. The van der Waals surface area contributed by atoms with Crippen LogP contribution in [0.2, 0.25) is 5.02 Å². The normalized spacial score (nSPS) is 15.9. The van der Waals surface area contributed by atoms with Crippen molar-refractivity contribution in [3.05, 3.63) is 59.0 Å². The molecule has 0 bridgehead atoms. The quantitative estimate of drug-likeness (QED) is 0.733. The van der Waals surface area contributed by atoms with Crippen molar-refractivity contribution in [1.29, 1.82) is 0 Å². The van der Waals surface area contributed by atoms with Gasteiger partial charge in [0.15, 0.2) is 0 Å². The smallest absolute Gasteiger partial charge is 0.309 e. The Morgan fingerprint density at radius 1 is 1.07 bits per heavy atom. The van der Waals surface area contributed by atoms with Crippen LogP contribution in [0.3, 0.4) is 0 Å². The van der Waals surface area contributed by atoms with Gasteiger partial charge in [-0.05, 0) is 29.8 Å². The Kier molecular flexibility index (Phi) is 6.86. The number of amides is 2. The van der Waals surface area contributed by atoms with Crippen molar-refractivity contribution in [3.8, 4) is 0 Å². The van der Waals surface area contributed by atoms with Gasteiger partial charge in [0.05, 0.1) is 25.5 Å². The van der Waals surface area contributed by atoms with E-state index in [1.807, 2.05) is 12.1 Å². The van der Waals surface area contributed by atoms with Gasteiger partial charge in [0.1, 0.15) is 5.76 Å². The summed E-state index contributed by atoms with van der Waals surface area (Å²) in [6.45, 7) is 3.28. The van der Waals surface area contributed by atoms with E-state index in [-0.39, 0.29) is 19.1 Å². The number of carbonyl (C=O) groups is 2. The number of morpholine rings is 1. The van der Waals surface area contributed by atoms with Gasteiger partial charge in [-0.25, -0.2) is 0 Å². The summed E-state index contributed by atoms with van der Waals surface area (Å²) in [4.78, 5) is 26.4. The third-order valence-electron chi connectivity index (χ3n) is 4.39. The fraction of sp³-hybridized carbons (Fsp3) is 0.368. The summed E-state index contributed by atoms with van der Waals surface area (Å²) in [5.74, 6) is -0.599. The highest BCUT2D eigenvalue weighted by molar-refractivity contribution is 6.35. The molecule has 7 nitrogen and oxygen atoms in total. The molecule has 1 aromatic carbocycles. The molecule has 1 unspecified atom stereocenters. The summed E-state index contributed by atoms with van der Waals surface area (Å²) in [6, 6.07) is 10.6. The van der Waals surface area contributed by atoms with Crippen molar-refractivity contribution in [2.45, 2.75) is 12.6 Å². The summed E-state index contributed by atoms with van der Waals surface area (Å²) in [5, 5.41) is 5.92. The molecule has 0 radical (unpaired) electrons. The number of nitrogens with zero attached hydrogens (tertiary/aromatic N) is 1. The Hall–Kier alpha value is -2.35. The van der Waals surface area contributed by atoms with E-state index < -0.39 is 11.8 Å². The monoisotopic (exact) mass is 391 g/mol. The molecule has 1 aliphatic rings. The van der Waals surface area contributed by atoms with E-state index >= 15 is 0 Å². The van der Waals surface area contributed by atoms with Crippen molar-refractivity contribution in [3.63, 3.8) is 0 Å². The first-order valence-electron chi connectivity index (χ1n) is 8.79. The van der Waals surface area contributed by atoms with Gasteiger partial charge in [-0.2, -0.15) is 0 Å². The highest BCUT2D eigenvalue weighted by Gasteiger charge is 2.26. The van der Waals surface area contributed by atoms with E-state index in [9.17, 15) is 9.59 Å². The Balaban J connectivity index is 1.52. The molecule has 1 aromatic heterocycles. The van der Waals surface area contributed by atoms with Gasteiger partial charge >= 0.3 is 11.8 Å². The SMILES string of the molecule is O=C(NCc1ccc(Cl)cc1)C(=O)NCC(c1ccco1)N1CCOCC1. The molecule has 1 fully saturated rings. The maximum absolute atomic E-state index is 12.2. The highest BCUT2D eigenvalue weighted by Crippen LogP contribution is 2.21. The molecule has 8 heteroatoms.